The van der Waals surface area contributed by atoms with E-state index in [4.69, 9.17) is 0 Å². The quantitative estimate of drug-likeness (QED) is 0.808. The van der Waals surface area contributed by atoms with Gasteiger partial charge in [0.2, 0.25) is 17.8 Å². The van der Waals surface area contributed by atoms with Crippen LogP contribution in [0.5, 0.6) is 0 Å². The molecule has 0 spiro atoms. The second-order valence-corrected chi connectivity index (χ2v) is 6.77. The molecule has 7 nitrogen and oxygen atoms in total. The number of amides is 2. The molecule has 1 aliphatic heterocycles. The zero-order valence-corrected chi connectivity index (χ0v) is 15.5. The molecule has 1 aromatic heterocycles. The molecule has 2 aromatic rings. The third-order valence-electron chi connectivity index (χ3n) is 4.69. The van der Waals surface area contributed by atoms with Crippen molar-refractivity contribution in [2.45, 2.75) is 32.4 Å². The summed E-state index contributed by atoms with van der Waals surface area (Å²) in [5.74, 6) is 0.180. The lowest BCUT2D eigenvalue weighted by Crippen LogP contribution is -2.50. The Morgan fingerprint density at radius 2 is 1.93 bits per heavy atom. The maximum absolute atomic E-state index is 12.6. The number of carbonyl (C=O) groups is 2. The van der Waals surface area contributed by atoms with Crippen molar-refractivity contribution < 1.29 is 9.59 Å². The zero-order valence-electron chi connectivity index (χ0n) is 15.5. The number of hydrogen-bond acceptors (Lipinski definition) is 5. The van der Waals surface area contributed by atoms with Gasteiger partial charge in [-0.15, -0.1) is 0 Å². The zero-order chi connectivity index (χ0) is 19.1. The van der Waals surface area contributed by atoms with Crippen LogP contribution in [-0.4, -0.2) is 40.9 Å². The molecule has 2 atom stereocenters. The molecule has 0 saturated carbocycles. The Morgan fingerprint density at radius 1 is 1.19 bits per heavy atom. The number of carbonyl (C=O) groups excluding carboxylic acids is 2. The third kappa shape index (κ3) is 5.26. The Labute approximate surface area is 159 Å². The number of nitrogens with zero attached hydrogens (tertiary/aromatic N) is 3. The van der Waals surface area contributed by atoms with Crippen LogP contribution in [0.4, 0.5) is 5.95 Å². The van der Waals surface area contributed by atoms with Crippen molar-refractivity contribution in [1.29, 1.82) is 0 Å². The summed E-state index contributed by atoms with van der Waals surface area (Å²) in [4.78, 5) is 35.4. The molecule has 2 N–H and O–H groups in total. The van der Waals surface area contributed by atoms with Gasteiger partial charge < -0.3 is 15.5 Å². The van der Waals surface area contributed by atoms with E-state index in [1.165, 1.54) is 0 Å². The summed E-state index contributed by atoms with van der Waals surface area (Å²) in [5, 5.41) is 5.70. The van der Waals surface area contributed by atoms with Gasteiger partial charge in [0.15, 0.2) is 0 Å². The van der Waals surface area contributed by atoms with E-state index in [1.807, 2.05) is 35.2 Å². The van der Waals surface area contributed by atoms with Crippen molar-refractivity contribution in [2.75, 3.05) is 18.0 Å². The number of piperidine rings is 1. The Kier molecular flexibility index (Phi) is 6.35. The number of nitrogens with one attached hydrogen (secondary N) is 2. The number of aromatic nitrogens is 2. The van der Waals surface area contributed by atoms with E-state index >= 15 is 0 Å². The minimum atomic E-state index is -0.579. The van der Waals surface area contributed by atoms with Gasteiger partial charge in [-0.1, -0.05) is 30.3 Å². The molecular formula is C20H25N5O2. The normalized spacial score (nSPS) is 17.8. The first-order valence-corrected chi connectivity index (χ1v) is 9.27. The van der Waals surface area contributed by atoms with Crippen LogP contribution in [0.3, 0.4) is 0 Å². The lowest BCUT2D eigenvalue weighted by atomic mass is 9.97. The maximum Gasteiger partial charge on any atom is 0.242 e. The Balaban J connectivity index is 1.49. The molecule has 142 valence electrons. The van der Waals surface area contributed by atoms with E-state index in [0.29, 0.717) is 19.0 Å². The summed E-state index contributed by atoms with van der Waals surface area (Å²) < 4.78 is 0. The van der Waals surface area contributed by atoms with Crippen molar-refractivity contribution in [3.05, 3.63) is 54.4 Å². The minimum absolute atomic E-state index is 0.0991. The molecule has 0 bridgehead atoms. The minimum Gasteiger partial charge on any atom is -0.350 e. The van der Waals surface area contributed by atoms with Gasteiger partial charge in [0.1, 0.15) is 6.04 Å². The van der Waals surface area contributed by atoms with Crippen molar-refractivity contribution in [3.8, 4) is 0 Å². The molecule has 1 fully saturated rings. The Morgan fingerprint density at radius 3 is 2.67 bits per heavy atom. The van der Waals surface area contributed by atoms with E-state index in [-0.39, 0.29) is 17.7 Å². The molecular weight excluding hydrogens is 342 g/mol. The first-order chi connectivity index (χ1) is 13.1. The highest BCUT2D eigenvalue weighted by atomic mass is 16.2. The molecule has 27 heavy (non-hydrogen) atoms. The monoisotopic (exact) mass is 367 g/mol. The summed E-state index contributed by atoms with van der Waals surface area (Å²) in [6, 6.07) is 10.9. The van der Waals surface area contributed by atoms with Gasteiger partial charge in [-0.3, -0.25) is 9.59 Å². The Bertz CT molecular complexity index is 753. The van der Waals surface area contributed by atoms with Gasteiger partial charge in [0, 0.05) is 32.0 Å². The molecule has 7 heteroatoms. The van der Waals surface area contributed by atoms with Crippen LogP contribution in [0.2, 0.25) is 0 Å². The highest BCUT2D eigenvalue weighted by Gasteiger charge is 2.28. The highest BCUT2D eigenvalue weighted by molar-refractivity contribution is 5.88. The molecule has 2 amide bonds. The predicted molar refractivity (Wildman–Crippen MR) is 103 cm³/mol. The number of hydrogen-bond donors (Lipinski definition) is 2. The predicted octanol–water partition coefficient (Wildman–Crippen LogP) is 1.51. The van der Waals surface area contributed by atoms with E-state index in [9.17, 15) is 9.59 Å². The standard InChI is InChI=1S/C20H25N5O2/c1-15(18(26)23-13-16-7-3-2-4-8-16)24-19(27)17-9-5-12-25(14-17)20-21-10-6-11-22-20/h2-4,6-8,10-11,15,17H,5,9,12-14H2,1H3,(H,23,26)(H,24,27). The summed E-state index contributed by atoms with van der Waals surface area (Å²) >= 11 is 0. The SMILES string of the molecule is CC(NC(=O)C1CCCN(c2ncccn2)C1)C(=O)NCc1ccccc1. The largest absolute Gasteiger partial charge is 0.350 e. The Hall–Kier alpha value is -2.96. The molecule has 2 heterocycles. The van der Waals surface area contributed by atoms with E-state index < -0.39 is 6.04 Å². The first-order valence-electron chi connectivity index (χ1n) is 9.27. The molecule has 1 aromatic carbocycles. The van der Waals surface area contributed by atoms with Gasteiger partial charge >= 0.3 is 0 Å². The molecule has 0 radical (unpaired) electrons. The topological polar surface area (TPSA) is 87.2 Å². The van der Waals surface area contributed by atoms with Crippen LogP contribution in [0.1, 0.15) is 25.3 Å². The van der Waals surface area contributed by atoms with E-state index in [1.54, 1.807) is 25.4 Å². The average molecular weight is 367 g/mol. The van der Waals surface area contributed by atoms with Crippen molar-refractivity contribution in [3.63, 3.8) is 0 Å². The van der Waals surface area contributed by atoms with Crippen LogP contribution in [0, 0.1) is 5.92 Å². The van der Waals surface area contributed by atoms with Crippen molar-refractivity contribution >= 4 is 17.8 Å². The second kappa shape index (κ2) is 9.12. The van der Waals surface area contributed by atoms with Crippen LogP contribution in [-0.2, 0) is 16.1 Å². The van der Waals surface area contributed by atoms with Crippen molar-refractivity contribution in [1.82, 2.24) is 20.6 Å². The molecule has 1 aliphatic rings. The molecule has 0 aliphatic carbocycles. The fourth-order valence-corrected chi connectivity index (χ4v) is 3.16. The summed E-state index contributed by atoms with van der Waals surface area (Å²) in [6.07, 6.45) is 5.09. The van der Waals surface area contributed by atoms with Gasteiger partial charge in [0.25, 0.3) is 0 Å². The smallest absolute Gasteiger partial charge is 0.242 e. The number of benzene rings is 1. The molecule has 3 rings (SSSR count). The molecule has 2 unspecified atom stereocenters. The highest BCUT2D eigenvalue weighted by Crippen LogP contribution is 2.20. The second-order valence-electron chi connectivity index (χ2n) is 6.77. The van der Waals surface area contributed by atoms with Gasteiger partial charge in [-0.25, -0.2) is 9.97 Å². The van der Waals surface area contributed by atoms with Gasteiger partial charge in [0.05, 0.1) is 5.92 Å². The lowest BCUT2D eigenvalue weighted by Gasteiger charge is -2.32. The lowest BCUT2D eigenvalue weighted by molar-refractivity contribution is -0.131. The third-order valence-corrected chi connectivity index (χ3v) is 4.69. The van der Waals surface area contributed by atoms with Crippen LogP contribution >= 0.6 is 0 Å². The van der Waals surface area contributed by atoms with Crippen LogP contribution < -0.4 is 15.5 Å². The van der Waals surface area contributed by atoms with Crippen LogP contribution in [0.25, 0.3) is 0 Å². The fraction of sp³-hybridized carbons (Fsp3) is 0.400. The number of rotatable bonds is 6. The van der Waals surface area contributed by atoms with Crippen LogP contribution in [0.15, 0.2) is 48.8 Å². The van der Waals surface area contributed by atoms with Crippen molar-refractivity contribution in [2.24, 2.45) is 5.92 Å². The summed E-state index contributed by atoms with van der Waals surface area (Å²) in [7, 11) is 0. The van der Waals surface area contributed by atoms with E-state index in [2.05, 4.69) is 20.6 Å². The maximum atomic E-state index is 12.6. The summed E-state index contributed by atoms with van der Waals surface area (Å²) in [6.45, 7) is 3.55. The average Bonchev–Trinajstić information content (AvgIpc) is 2.73. The summed E-state index contributed by atoms with van der Waals surface area (Å²) in [5.41, 5.74) is 1.02. The first kappa shape index (κ1) is 18.8. The molecule has 1 saturated heterocycles. The fourth-order valence-electron chi connectivity index (χ4n) is 3.16. The van der Waals surface area contributed by atoms with Gasteiger partial charge in [-0.2, -0.15) is 0 Å². The van der Waals surface area contributed by atoms with Gasteiger partial charge in [-0.05, 0) is 31.4 Å². The number of anilines is 1. The van der Waals surface area contributed by atoms with E-state index in [0.717, 1.165) is 24.9 Å².